The SMILES string of the molecule is NC(=O)n1ncc2c3cncnc3ccc21. The number of carbonyl (C=O) groups excluding carboxylic acids is 1. The van der Waals surface area contributed by atoms with Gasteiger partial charge in [-0.15, -0.1) is 0 Å². The largest absolute Gasteiger partial charge is 0.350 e. The summed E-state index contributed by atoms with van der Waals surface area (Å²) in [6, 6.07) is 2.97. The Labute approximate surface area is 89.7 Å². The highest BCUT2D eigenvalue weighted by Crippen LogP contribution is 2.22. The van der Waals surface area contributed by atoms with E-state index in [-0.39, 0.29) is 0 Å². The number of carbonyl (C=O) groups is 1. The molecular weight excluding hydrogens is 206 g/mol. The van der Waals surface area contributed by atoms with E-state index >= 15 is 0 Å². The third-order valence-corrected chi connectivity index (χ3v) is 2.45. The lowest BCUT2D eigenvalue weighted by molar-refractivity contribution is 0.248. The van der Waals surface area contributed by atoms with Gasteiger partial charge in [0.05, 0.1) is 17.2 Å². The molecule has 0 bridgehead atoms. The molecule has 2 heterocycles. The highest BCUT2D eigenvalue weighted by Gasteiger charge is 2.09. The van der Waals surface area contributed by atoms with E-state index in [4.69, 9.17) is 5.73 Å². The van der Waals surface area contributed by atoms with Crippen LogP contribution in [-0.2, 0) is 0 Å². The summed E-state index contributed by atoms with van der Waals surface area (Å²) in [7, 11) is 0. The number of hydrogen-bond donors (Lipinski definition) is 1. The number of aromatic nitrogens is 4. The second-order valence-corrected chi connectivity index (χ2v) is 3.35. The van der Waals surface area contributed by atoms with E-state index in [1.54, 1.807) is 24.5 Å². The average Bonchev–Trinajstić information content (AvgIpc) is 2.73. The summed E-state index contributed by atoms with van der Waals surface area (Å²) in [6.07, 6.45) is 4.76. The molecule has 0 saturated carbocycles. The molecule has 16 heavy (non-hydrogen) atoms. The quantitative estimate of drug-likeness (QED) is 0.601. The Hall–Kier alpha value is -2.50. The van der Waals surface area contributed by atoms with E-state index in [0.29, 0.717) is 5.52 Å². The van der Waals surface area contributed by atoms with Crippen molar-refractivity contribution in [2.75, 3.05) is 0 Å². The molecule has 2 aromatic heterocycles. The lowest BCUT2D eigenvalue weighted by atomic mass is 10.2. The van der Waals surface area contributed by atoms with E-state index in [1.807, 2.05) is 0 Å². The van der Waals surface area contributed by atoms with Gasteiger partial charge in [0.1, 0.15) is 6.33 Å². The fraction of sp³-hybridized carbons (Fsp3) is 0. The summed E-state index contributed by atoms with van der Waals surface area (Å²) >= 11 is 0. The molecule has 0 aliphatic heterocycles. The van der Waals surface area contributed by atoms with E-state index < -0.39 is 6.03 Å². The van der Waals surface area contributed by atoms with Gasteiger partial charge in [-0.2, -0.15) is 9.78 Å². The van der Waals surface area contributed by atoms with Gasteiger partial charge in [0, 0.05) is 17.0 Å². The summed E-state index contributed by atoms with van der Waals surface area (Å²) < 4.78 is 1.15. The van der Waals surface area contributed by atoms with Crippen LogP contribution in [0.2, 0.25) is 0 Å². The van der Waals surface area contributed by atoms with Crippen LogP contribution in [0, 0.1) is 0 Å². The minimum absolute atomic E-state index is 0.605. The molecule has 0 unspecified atom stereocenters. The van der Waals surface area contributed by atoms with E-state index in [9.17, 15) is 4.79 Å². The van der Waals surface area contributed by atoms with E-state index in [0.717, 1.165) is 21.0 Å². The molecule has 0 saturated heterocycles. The minimum atomic E-state index is -0.605. The third kappa shape index (κ3) is 1.07. The Bertz CT molecular complexity index is 703. The first kappa shape index (κ1) is 8.78. The van der Waals surface area contributed by atoms with Crippen molar-refractivity contribution in [3.63, 3.8) is 0 Å². The molecule has 0 aliphatic rings. The van der Waals surface area contributed by atoms with Crippen LogP contribution >= 0.6 is 0 Å². The molecule has 2 N–H and O–H groups in total. The molecule has 0 atom stereocenters. The van der Waals surface area contributed by atoms with Gasteiger partial charge < -0.3 is 5.73 Å². The lowest BCUT2D eigenvalue weighted by Gasteiger charge is -1.99. The number of rotatable bonds is 0. The number of benzene rings is 1. The van der Waals surface area contributed by atoms with Crippen LogP contribution in [0.5, 0.6) is 0 Å². The van der Waals surface area contributed by atoms with Gasteiger partial charge in [-0.1, -0.05) is 0 Å². The van der Waals surface area contributed by atoms with Crippen LogP contribution in [0.3, 0.4) is 0 Å². The first-order valence-corrected chi connectivity index (χ1v) is 4.63. The van der Waals surface area contributed by atoms with Crippen LogP contribution in [0.15, 0.2) is 30.9 Å². The molecule has 1 amide bonds. The van der Waals surface area contributed by atoms with Crippen molar-refractivity contribution in [3.8, 4) is 0 Å². The molecule has 0 spiro atoms. The average molecular weight is 213 g/mol. The predicted octanol–water partition coefficient (Wildman–Crippen LogP) is 0.906. The lowest BCUT2D eigenvalue weighted by Crippen LogP contribution is -2.20. The molecule has 78 valence electrons. The summed E-state index contributed by atoms with van der Waals surface area (Å²) in [4.78, 5) is 19.2. The van der Waals surface area contributed by atoms with Gasteiger partial charge in [-0.3, -0.25) is 0 Å². The molecule has 3 rings (SSSR count). The summed E-state index contributed by atoms with van der Waals surface area (Å²) in [5.74, 6) is 0. The van der Waals surface area contributed by atoms with Crippen LogP contribution in [-0.4, -0.2) is 25.8 Å². The van der Waals surface area contributed by atoms with Crippen LogP contribution < -0.4 is 5.73 Å². The Balaban J connectivity index is 2.49. The topological polar surface area (TPSA) is 86.7 Å². The number of nitrogens with two attached hydrogens (primary N) is 1. The Morgan fingerprint density at radius 2 is 2.12 bits per heavy atom. The highest BCUT2D eigenvalue weighted by atomic mass is 16.2. The van der Waals surface area contributed by atoms with Crippen molar-refractivity contribution in [2.24, 2.45) is 5.73 Å². The molecule has 0 radical (unpaired) electrons. The number of hydrogen-bond acceptors (Lipinski definition) is 4. The second kappa shape index (κ2) is 2.99. The number of nitrogens with zero attached hydrogens (tertiary/aromatic N) is 4. The number of primary amides is 1. The number of fused-ring (bicyclic) bond motifs is 3. The van der Waals surface area contributed by atoms with Gasteiger partial charge in [-0.05, 0) is 12.1 Å². The summed E-state index contributed by atoms with van der Waals surface area (Å²) in [5.41, 5.74) is 6.67. The van der Waals surface area contributed by atoms with E-state index in [1.165, 1.54) is 6.33 Å². The minimum Gasteiger partial charge on any atom is -0.350 e. The highest BCUT2D eigenvalue weighted by molar-refractivity contribution is 6.06. The first-order valence-electron chi connectivity index (χ1n) is 4.63. The van der Waals surface area contributed by atoms with Crippen molar-refractivity contribution in [1.29, 1.82) is 0 Å². The van der Waals surface area contributed by atoms with Crippen molar-refractivity contribution in [3.05, 3.63) is 30.9 Å². The van der Waals surface area contributed by atoms with Gasteiger partial charge in [0.2, 0.25) is 0 Å². The van der Waals surface area contributed by atoms with Gasteiger partial charge in [0.15, 0.2) is 0 Å². The second-order valence-electron chi connectivity index (χ2n) is 3.35. The smallest absolute Gasteiger partial charge is 0.340 e. The summed E-state index contributed by atoms with van der Waals surface area (Å²) in [6.45, 7) is 0. The van der Waals surface area contributed by atoms with Crippen molar-refractivity contribution in [1.82, 2.24) is 19.7 Å². The molecule has 3 aromatic rings. The van der Waals surface area contributed by atoms with Crippen molar-refractivity contribution < 1.29 is 4.79 Å². The molecule has 1 aromatic carbocycles. The molecular formula is C10H7N5O. The molecule has 6 heteroatoms. The zero-order chi connectivity index (χ0) is 11.1. The Morgan fingerprint density at radius 1 is 1.25 bits per heavy atom. The molecule has 0 fully saturated rings. The normalized spacial score (nSPS) is 11.0. The van der Waals surface area contributed by atoms with Crippen LogP contribution in [0.4, 0.5) is 4.79 Å². The van der Waals surface area contributed by atoms with Gasteiger partial charge >= 0.3 is 6.03 Å². The monoisotopic (exact) mass is 213 g/mol. The van der Waals surface area contributed by atoms with Crippen LogP contribution in [0.25, 0.3) is 21.8 Å². The van der Waals surface area contributed by atoms with Crippen LogP contribution in [0.1, 0.15) is 0 Å². The molecule has 6 nitrogen and oxygen atoms in total. The fourth-order valence-electron chi connectivity index (χ4n) is 1.74. The maximum Gasteiger partial charge on any atom is 0.340 e. The van der Waals surface area contributed by atoms with Crippen molar-refractivity contribution >= 4 is 27.8 Å². The zero-order valence-electron chi connectivity index (χ0n) is 8.16. The van der Waals surface area contributed by atoms with Crippen molar-refractivity contribution in [2.45, 2.75) is 0 Å². The fourth-order valence-corrected chi connectivity index (χ4v) is 1.74. The Kier molecular flexibility index (Phi) is 1.64. The standard InChI is InChI=1S/C10H7N5O/c11-10(16)15-9-2-1-8-6(3-12-5-13-8)7(9)4-14-15/h1-5H,(H2,11,16). The number of amides is 1. The van der Waals surface area contributed by atoms with E-state index in [2.05, 4.69) is 15.1 Å². The maximum atomic E-state index is 11.1. The zero-order valence-corrected chi connectivity index (χ0v) is 8.16. The summed E-state index contributed by atoms with van der Waals surface area (Å²) in [5, 5.41) is 5.60. The predicted molar refractivity (Wildman–Crippen MR) is 57.8 cm³/mol. The van der Waals surface area contributed by atoms with Gasteiger partial charge in [0.25, 0.3) is 0 Å². The third-order valence-electron chi connectivity index (χ3n) is 2.45. The maximum absolute atomic E-state index is 11.1. The van der Waals surface area contributed by atoms with Gasteiger partial charge in [-0.25, -0.2) is 14.8 Å². The molecule has 0 aliphatic carbocycles. The first-order chi connectivity index (χ1) is 7.77. The Morgan fingerprint density at radius 3 is 2.94 bits per heavy atom.